The number of anilines is 2. The van der Waals surface area contributed by atoms with E-state index in [4.69, 9.17) is 10.5 Å². The van der Waals surface area contributed by atoms with Gasteiger partial charge in [0, 0.05) is 18.8 Å². The fourth-order valence-corrected chi connectivity index (χ4v) is 2.62. The summed E-state index contributed by atoms with van der Waals surface area (Å²) in [6.07, 6.45) is 8.48. The summed E-state index contributed by atoms with van der Waals surface area (Å²) < 4.78 is 5.47. The van der Waals surface area contributed by atoms with Crippen LogP contribution in [0.1, 0.15) is 41.5 Å². The highest BCUT2D eigenvalue weighted by Gasteiger charge is 2.11. The Bertz CT molecular complexity index is 946. The largest absolute Gasteiger partial charge is 0.477 e. The van der Waals surface area contributed by atoms with Crippen LogP contribution in [0.5, 0.6) is 5.88 Å². The lowest BCUT2D eigenvalue weighted by Crippen LogP contribution is -2.09. The van der Waals surface area contributed by atoms with E-state index in [9.17, 15) is 4.79 Å². The number of aromatic nitrogens is 4. The summed E-state index contributed by atoms with van der Waals surface area (Å²) in [7, 11) is 0. The first-order valence-electron chi connectivity index (χ1n) is 9.52. The maximum Gasteiger partial charge on any atom is 0.232 e. The molecule has 3 aromatic rings. The van der Waals surface area contributed by atoms with Gasteiger partial charge in [0.15, 0.2) is 5.78 Å². The molecule has 3 aromatic heterocycles. The van der Waals surface area contributed by atoms with Crippen LogP contribution in [0.25, 0.3) is 0 Å². The van der Waals surface area contributed by atoms with Crippen LogP contribution in [-0.4, -0.2) is 32.3 Å². The molecule has 0 radical (unpaired) electrons. The Labute approximate surface area is 169 Å². The molecule has 0 unspecified atom stereocenters. The molecule has 0 aromatic carbocycles. The summed E-state index contributed by atoms with van der Waals surface area (Å²) in [4.78, 5) is 29.2. The van der Waals surface area contributed by atoms with Crippen molar-refractivity contribution in [3.63, 3.8) is 0 Å². The van der Waals surface area contributed by atoms with Crippen molar-refractivity contribution >= 4 is 17.3 Å². The van der Waals surface area contributed by atoms with Gasteiger partial charge in [-0.3, -0.25) is 9.78 Å². The molecule has 0 spiro atoms. The number of nitrogens with one attached hydrogen (secondary N) is 1. The molecule has 8 nitrogen and oxygen atoms in total. The molecule has 29 heavy (non-hydrogen) atoms. The highest BCUT2D eigenvalue weighted by molar-refractivity contribution is 5.95. The minimum absolute atomic E-state index is 0.112. The third-order valence-electron chi connectivity index (χ3n) is 4.21. The Kier molecular flexibility index (Phi) is 7.05. The lowest BCUT2D eigenvalue weighted by molar-refractivity contribution is 0.0987. The molecule has 0 saturated carbocycles. The number of unbranched alkanes of at least 4 members (excludes halogenated alkanes) is 1. The molecule has 0 fully saturated rings. The maximum absolute atomic E-state index is 12.5. The summed E-state index contributed by atoms with van der Waals surface area (Å²) in [6, 6.07) is 7.36. The molecule has 150 valence electrons. The van der Waals surface area contributed by atoms with Crippen LogP contribution in [0.15, 0.2) is 49.1 Å². The first kappa shape index (κ1) is 20.2. The fraction of sp³-hybridized carbons (Fsp3) is 0.286. The molecule has 8 heteroatoms. The molecule has 0 aliphatic rings. The van der Waals surface area contributed by atoms with Gasteiger partial charge in [-0.05, 0) is 36.2 Å². The molecule has 3 heterocycles. The standard InChI is InChI=1S/C21H24N6O2/c1-2-3-9-29-20-14-26-18(13-27-20)19(28)11-15-6-8-23-16(10-15)12-25-17-5-4-7-24-21(17)22/h4-8,10,13-14,25H,2-3,9,11-12H2,1H3,(H2,22,24). The van der Waals surface area contributed by atoms with Gasteiger partial charge in [-0.1, -0.05) is 13.3 Å². The van der Waals surface area contributed by atoms with E-state index in [1.165, 1.54) is 12.4 Å². The number of hydrogen-bond donors (Lipinski definition) is 2. The van der Waals surface area contributed by atoms with E-state index in [0.29, 0.717) is 30.5 Å². The first-order valence-corrected chi connectivity index (χ1v) is 9.52. The van der Waals surface area contributed by atoms with Gasteiger partial charge in [0.1, 0.15) is 11.5 Å². The number of carbonyl (C=O) groups excluding carboxylic acids is 1. The Morgan fingerprint density at radius 1 is 1.14 bits per heavy atom. The second kappa shape index (κ2) is 10.1. The Balaban J connectivity index is 1.58. The molecule has 0 aliphatic carbocycles. The molecular weight excluding hydrogens is 368 g/mol. The van der Waals surface area contributed by atoms with Gasteiger partial charge >= 0.3 is 0 Å². The van der Waals surface area contributed by atoms with E-state index < -0.39 is 0 Å². The third-order valence-corrected chi connectivity index (χ3v) is 4.21. The minimum atomic E-state index is -0.112. The van der Waals surface area contributed by atoms with Gasteiger partial charge in [-0.15, -0.1) is 0 Å². The van der Waals surface area contributed by atoms with E-state index in [0.717, 1.165) is 29.8 Å². The third kappa shape index (κ3) is 5.97. The number of rotatable bonds is 10. The van der Waals surface area contributed by atoms with Crippen LogP contribution in [0, 0.1) is 0 Å². The number of nitrogens with two attached hydrogens (primary N) is 1. The van der Waals surface area contributed by atoms with Crippen LogP contribution >= 0.6 is 0 Å². The van der Waals surface area contributed by atoms with Crippen LogP contribution in [0.4, 0.5) is 11.5 Å². The number of nitrogens with zero attached hydrogens (tertiary/aromatic N) is 4. The summed E-state index contributed by atoms with van der Waals surface area (Å²) in [5.41, 5.74) is 8.53. The van der Waals surface area contributed by atoms with Gasteiger partial charge in [0.2, 0.25) is 5.88 Å². The lowest BCUT2D eigenvalue weighted by atomic mass is 10.1. The Morgan fingerprint density at radius 2 is 2.03 bits per heavy atom. The molecule has 0 aliphatic heterocycles. The predicted molar refractivity (Wildman–Crippen MR) is 111 cm³/mol. The number of hydrogen-bond acceptors (Lipinski definition) is 8. The fourth-order valence-electron chi connectivity index (χ4n) is 2.62. The van der Waals surface area contributed by atoms with Gasteiger partial charge in [-0.25, -0.2) is 15.0 Å². The van der Waals surface area contributed by atoms with Crippen molar-refractivity contribution in [3.05, 3.63) is 66.0 Å². The minimum Gasteiger partial charge on any atom is -0.477 e. The molecule has 3 N–H and O–H groups in total. The quantitative estimate of drug-likeness (QED) is 0.399. The zero-order chi connectivity index (χ0) is 20.5. The number of nitrogen functional groups attached to an aromatic ring is 1. The topological polar surface area (TPSA) is 116 Å². The van der Waals surface area contributed by atoms with Crippen LogP contribution in [0.2, 0.25) is 0 Å². The normalized spacial score (nSPS) is 10.5. The predicted octanol–water partition coefficient (Wildman–Crippen LogP) is 3.07. The number of ketones is 1. The smallest absolute Gasteiger partial charge is 0.232 e. The van der Waals surface area contributed by atoms with E-state index in [1.54, 1.807) is 12.4 Å². The van der Waals surface area contributed by atoms with Crippen molar-refractivity contribution in [2.45, 2.75) is 32.7 Å². The molecule has 3 rings (SSSR count). The lowest BCUT2D eigenvalue weighted by Gasteiger charge is -2.09. The average molecular weight is 392 g/mol. The summed E-state index contributed by atoms with van der Waals surface area (Å²) >= 11 is 0. The maximum atomic E-state index is 12.5. The average Bonchev–Trinajstić information content (AvgIpc) is 2.74. The van der Waals surface area contributed by atoms with Crippen molar-refractivity contribution < 1.29 is 9.53 Å². The van der Waals surface area contributed by atoms with E-state index in [-0.39, 0.29) is 12.2 Å². The van der Waals surface area contributed by atoms with E-state index in [1.807, 2.05) is 24.3 Å². The Hall–Kier alpha value is -3.55. The van der Waals surface area contributed by atoms with Gasteiger partial charge in [0.25, 0.3) is 0 Å². The molecule has 0 amide bonds. The summed E-state index contributed by atoms with van der Waals surface area (Å²) in [5, 5.41) is 3.20. The second-order valence-corrected chi connectivity index (χ2v) is 6.49. The highest BCUT2D eigenvalue weighted by Crippen LogP contribution is 2.15. The molecule has 0 atom stereocenters. The Morgan fingerprint density at radius 3 is 2.79 bits per heavy atom. The number of Topliss-reactive ketones (excluding diaryl/α,β-unsaturated/α-hetero) is 1. The number of ether oxygens (including phenoxy) is 1. The molecule has 0 bridgehead atoms. The second-order valence-electron chi connectivity index (χ2n) is 6.49. The van der Waals surface area contributed by atoms with E-state index >= 15 is 0 Å². The van der Waals surface area contributed by atoms with E-state index in [2.05, 4.69) is 32.2 Å². The van der Waals surface area contributed by atoms with Gasteiger partial charge < -0.3 is 15.8 Å². The zero-order valence-electron chi connectivity index (χ0n) is 16.3. The van der Waals surface area contributed by atoms with Crippen molar-refractivity contribution in [3.8, 4) is 5.88 Å². The number of carbonyl (C=O) groups is 1. The number of pyridine rings is 2. The molecular formula is C21H24N6O2. The first-order chi connectivity index (χ1) is 14.2. The highest BCUT2D eigenvalue weighted by atomic mass is 16.5. The van der Waals surface area contributed by atoms with Crippen LogP contribution in [0.3, 0.4) is 0 Å². The van der Waals surface area contributed by atoms with Crippen LogP contribution < -0.4 is 15.8 Å². The SMILES string of the molecule is CCCCOc1cnc(C(=O)Cc2ccnc(CNc3cccnc3N)c2)cn1. The monoisotopic (exact) mass is 392 g/mol. The van der Waals surface area contributed by atoms with Crippen molar-refractivity contribution in [2.24, 2.45) is 0 Å². The van der Waals surface area contributed by atoms with Gasteiger partial charge in [-0.2, -0.15) is 0 Å². The van der Waals surface area contributed by atoms with Crippen molar-refractivity contribution in [1.82, 2.24) is 19.9 Å². The zero-order valence-corrected chi connectivity index (χ0v) is 16.3. The van der Waals surface area contributed by atoms with Crippen molar-refractivity contribution in [1.29, 1.82) is 0 Å². The summed E-state index contributed by atoms with van der Waals surface area (Å²) in [6.45, 7) is 3.16. The molecule has 0 saturated heterocycles. The van der Waals surface area contributed by atoms with Crippen LogP contribution in [-0.2, 0) is 13.0 Å². The van der Waals surface area contributed by atoms with Gasteiger partial charge in [0.05, 0.1) is 36.9 Å². The summed E-state index contributed by atoms with van der Waals surface area (Å²) in [5.74, 6) is 0.751. The van der Waals surface area contributed by atoms with Crippen molar-refractivity contribution in [2.75, 3.05) is 17.7 Å².